The third kappa shape index (κ3) is 7.11. The Kier molecular flexibility index (Phi) is 9.14. The second-order valence-corrected chi connectivity index (χ2v) is 7.46. The quantitative estimate of drug-likeness (QED) is 0.229. The molecule has 0 unspecified atom stereocenters. The summed E-state index contributed by atoms with van der Waals surface area (Å²) in [5, 5.41) is 35.2. The van der Waals surface area contributed by atoms with Crippen molar-refractivity contribution >= 4 is 48.7 Å². The molecule has 0 radical (unpaired) electrons. The average molecular weight is 451 g/mol. The number of ether oxygens (including phenoxy) is 1. The van der Waals surface area contributed by atoms with Crippen molar-refractivity contribution in [2.24, 2.45) is 5.41 Å². The summed E-state index contributed by atoms with van der Waals surface area (Å²) in [4.78, 5) is 29.3. The van der Waals surface area contributed by atoms with Gasteiger partial charge in [-0.05, 0) is 38.3 Å². The van der Waals surface area contributed by atoms with Crippen LogP contribution in [0.3, 0.4) is 0 Å². The van der Waals surface area contributed by atoms with Crippen molar-refractivity contribution in [1.82, 2.24) is 19.9 Å². The Morgan fingerprint density at radius 2 is 1.48 bits per heavy atom. The summed E-state index contributed by atoms with van der Waals surface area (Å²) < 4.78 is 5.12. The Bertz CT molecular complexity index is 836. The fourth-order valence-corrected chi connectivity index (χ4v) is 2.89. The second-order valence-electron chi connectivity index (χ2n) is 7.12. The highest BCUT2D eigenvalue weighted by Gasteiger charge is 2.38. The fourth-order valence-electron chi connectivity index (χ4n) is 2.79. The number of carbonyl (C=O) groups is 1. The van der Waals surface area contributed by atoms with Gasteiger partial charge in [-0.2, -0.15) is 0 Å². The molecule has 1 aliphatic rings. The van der Waals surface area contributed by atoms with E-state index in [2.05, 4.69) is 19.9 Å². The zero-order chi connectivity index (χ0) is 23.0. The van der Waals surface area contributed by atoms with Crippen LogP contribution in [0.5, 0.6) is 0 Å². The Balaban J connectivity index is 0.000000285. The van der Waals surface area contributed by atoms with Gasteiger partial charge in [-0.15, -0.1) is 0 Å². The summed E-state index contributed by atoms with van der Waals surface area (Å²) in [6.45, 7) is 5.45. The highest BCUT2D eigenvalue weighted by Crippen LogP contribution is 2.33. The predicted octanol–water partition coefficient (Wildman–Crippen LogP) is -1.86. The van der Waals surface area contributed by atoms with E-state index in [0.29, 0.717) is 38.5 Å². The molecule has 0 amide bonds. The van der Waals surface area contributed by atoms with E-state index in [1.807, 2.05) is 11.8 Å². The van der Waals surface area contributed by atoms with Crippen LogP contribution in [0.15, 0.2) is 24.8 Å². The second kappa shape index (κ2) is 11.3. The van der Waals surface area contributed by atoms with Crippen LogP contribution >= 0.6 is 11.6 Å². The van der Waals surface area contributed by atoms with Gasteiger partial charge in [-0.25, -0.2) is 19.9 Å². The summed E-state index contributed by atoms with van der Waals surface area (Å²) >= 11 is 5.33. The highest BCUT2D eigenvalue weighted by atomic mass is 35.5. The third-order valence-electron chi connectivity index (χ3n) is 4.81. The molecule has 2 aromatic heterocycles. The lowest BCUT2D eigenvalue weighted by molar-refractivity contribution is -0.155. The summed E-state index contributed by atoms with van der Waals surface area (Å²) in [5.41, 5.74) is 0.0322. The number of rotatable bonds is 5. The van der Waals surface area contributed by atoms with Crippen molar-refractivity contribution in [3.05, 3.63) is 30.1 Å². The molecule has 3 rings (SSSR count). The van der Waals surface area contributed by atoms with E-state index in [4.69, 9.17) is 36.4 Å². The molecule has 166 valence electrons. The van der Waals surface area contributed by atoms with Gasteiger partial charge in [-0.1, -0.05) is 0 Å². The number of nitrogens with zero attached hydrogens (tertiary/aromatic N) is 5. The van der Waals surface area contributed by atoms with Crippen LogP contribution in [0.2, 0.25) is 5.28 Å². The maximum atomic E-state index is 12.0. The largest absolute Gasteiger partial charge is 0.491 e. The molecule has 0 aliphatic carbocycles. The molecule has 1 saturated heterocycles. The van der Waals surface area contributed by atoms with Crippen LogP contribution in [-0.2, 0) is 9.53 Å². The minimum atomic E-state index is -1.56. The molecule has 0 spiro atoms. The topological polar surface area (TPSA) is 162 Å². The normalized spacial score (nSPS) is 14.9. The number of hydrogen-bond donors (Lipinski definition) is 4. The van der Waals surface area contributed by atoms with Gasteiger partial charge in [-0.3, -0.25) is 4.79 Å². The van der Waals surface area contributed by atoms with Crippen LogP contribution in [-0.4, -0.2) is 79.9 Å². The SMILES string of the molecule is CCOC(=O)C1(C)CCN(c2ncc(B(O)O)cn2)CC1.OB(O)c1cnc(Cl)nc1. The van der Waals surface area contributed by atoms with Crippen molar-refractivity contribution in [3.63, 3.8) is 0 Å². The zero-order valence-corrected chi connectivity index (χ0v) is 18.0. The molecule has 0 bridgehead atoms. The average Bonchev–Trinajstić information content (AvgIpc) is 2.75. The van der Waals surface area contributed by atoms with Crippen LogP contribution < -0.4 is 15.8 Å². The van der Waals surface area contributed by atoms with E-state index in [-0.39, 0.29) is 22.2 Å². The minimum Gasteiger partial charge on any atom is -0.466 e. The number of piperidine rings is 1. The van der Waals surface area contributed by atoms with E-state index in [1.165, 1.54) is 24.8 Å². The molecular weight excluding hydrogens is 427 g/mol. The highest BCUT2D eigenvalue weighted by molar-refractivity contribution is 6.58. The first-order chi connectivity index (χ1) is 14.7. The lowest BCUT2D eigenvalue weighted by Gasteiger charge is -2.37. The van der Waals surface area contributed by atoms with Gasteiger partial charge >= 0.3 is 20.2 Å². The molecule has 3 heterocycles. The van der Waals surface area contributed by atoms with Gasteiger partial charge in [0.1, 0.15) is 0 Å². The summed E-state index contributed by atoms with van der Waals surface area (Å²) in [7, 11) is -3.09. The van der Waals surface area contributed by atoms with Crippen LogP contribution in [0.4, 0.5) is 5.95 Å². The smallest absolute Gasteiger partial charge is 0.466 e. The maximum absolute atomic E-state index is 12.0. The zero-order valence-electron chi connectivity index (χ0n) is 17.2. The molecule has 14 heteroatoms. The van der Waals surface area contributed by atoms with E-state index < -0.39 is 19.7 Å². The Morgan fingerprint density at radius 1 is 1.03 bits per heavy atom. The number of halogens is 1. The molecule has 1 fully saturated rings. The van der Waals surface area contributed by atoms with Crippen LogP contribution in [0, 0.1) is 5.41 Å². The molecule has 4 N–H and O–H groups in total. The Hall–Kier alpha value is -2.31. The van der Waals surface area contributed by atoms with Crippen LogP contribution in [0.1, 0.15) is 26.7 Å². The molecule has 1 aliphatic heterocycles. The molecule has 2 aromatic rings. The first kappa shape index (κ1) is 25.0. The minimum absolute atomic E-state index is 0.0874. The van der Waals surface area contributed by atoms with E-state index in [9.17, 15) is 4.79 Å². The number of esters is 1. The van der Waals surface area contributed by atoms with Gasteiger partial charge in [0.05, 0.1) is 12.0 Å². The van der Waals surface area contributed by atoms with Crippen LogP contribution in [0.25, 0.3) is 0 Å². The summed E-state index contributed by atoms with van der Waals surface area (Å²) in [6.07, 6.45) is 6.65. The molecule has 0 saturated carbocycles. The molecule has 0 aromatic carbocycles. The molecule has 0 atom stereocenters. The number of carbonyl (C=O) groups excluding carboxylic acids is 1. The fraction of sp³-hybridized carbons (Fsp3) is 0.471. The Morgan fingerprint density at radius 3 is 1.90 bits per heavy atom. The van der Waals surface area contributed by atoms with Crippen molar-refractivity contribution in [3.8, 4) is 0 Å². The molecule has 31 heavy (non-hydrogen) atoms. The van der Waals surface area contributed by atoms with Crippen molar-refractivity contribution in [2.45, 2.75) is 26.7 Å². The number of aromatic nitrogens is 4. The number of anilines is 1. The maximum Gasteiger partial charge on any atom is 0.491 e. The molecular formula is C17H24B2ClN5O6. The van der Waals surface area contributed by atoms with Crippen molar-refractivity contribution in [2.75, 3.05) is 24.6 Å². The summed E-state index contributed by atoms with van der Waals surface area (Å²) in [6, 6.07) is 0. The monoisotopic (exact) mass is 451 g/mol. The van der Waals surface area contributed by atoms with Gasteiger partial charge in [0.25, 0.3) is 0 Å². The first-order valence-electron chi connectivity index (χ1n) is 9.60. The lowest BCUT2D eigenvalue weighted by Crippen LogP contribution is -2.44. The summed E-state index contributed by atoms with van der Waals surface area (Å²) in [5.74, 6) is 0.384. The third-order valence-corrected chi connectivity index (χ3v) is 5.01. The first-order valence-corrected chi connectivity index (χ1v) is 9.98. The van der Waals surface area contributed by atoms with Gasteiger partial charge in [0, 0.05) is 48.8 Å². The lowest BCUT2D eigenvalue weighted by atomic mass is 9.80. The molecule has 11 nitrogen and oxygen atoms in total. The van der Waals surface area contributed by atoms with E-state index >= 15 is 0 Å². The van der Waals surface area contributed by atoms with Gasteiger partial charge in [0.2, 0.25) is 11.2 Å². The Labute approximate surface area is 185 Å². The van der Waals surface area contributed by atoms with E-state index in [0.717, 1.165) is 0 Å². The van der Waals surface area contributed by atoms with E-state index in [1.54, 1.807) is 6.92 Å². The predicted molar refractivity (Wildman–Crippen MR) is 115 cm³/mol. The van der Waals surface area contributed by atoms with Crippen molar-refractivity contribution in [1.29, 1.82) is 0 Å². The standard InChI is InChI=1S/C13H20BN3O4.C4H4BClN2O2/c1-3-21-11(18)13(2)4-6-17(7-5-13)12-15-8-10(9-16-12)14(19)20;6-4-7-1-3(2-8-4)5(9)10/h8-9,19-20H,3-7H2,1-2H3;1-2,9-10H. The van der Waals surface area contributed by atoms with Gasteiger partial charge in [0.15, 0.2) is 0 Å². The van der Waals surface area contributed by atoms with Gasteiger partial charge < -0.3 is 29.7 Å². The van der Waals surface area contributed by atoms with Crippen molar-refractivity contribution < 1.29 is 29.6 Å². The number of hydrogen-bond acceptors (Lipinski definition) is 11.